The molecule has 0 unspecified atom stereocenters. The fourth-order valence-electron chi connectivity index (χ4n) is 1.38. The molecule has 3 nitrogen and oxygen atoms in total. The van der Waals surface area contributed by atoms with E-state index in [4.69, 9.17) is 5.73 Å². The molecule has 0 heterocycles. The first-order valence-electron chi connectivity index (χ1n) is 5.62. The summed E-state index contributed by atoms with van der Waals surface area (Å²) in [6.45, 7) is 4.88. The predicted molar refractivity (Wildman–Crippen MR) is 74.1 cm³/mol. The molecule has 3 N–H and O–H groups in total. The summed E-state index contributed by atoms with van der Waals surface area (Å²) in [5.74, 6) is 0.850. The lowest BCUT2D eigenvalue weighted by Crippen LogP contribution is -2.18. The minimum atomic E-state index is -0.616. The molecule has 1 aromatic carbocycles. The van der Waals surface area contributed by atoms with Crippen molar-refractivity contribution in [3.63, 3.8) is 0 Å². The summed E-state index contributed by atoms with van der Waals surface area (Å²) >= 11 is 1.76. The van der Waals surface area contributed by atoms with E-state index < -0.39 is 11.7 Å². The first-order chi connectivity index (χ1) is 8.65. The molecule has 98 valence electrons. The lowest BCUT2D eigenvalue weighted by molar-refractivity contribution is 0.1000. The van der Waals surface area contributed by atoms with E-state index in [0.717, 1.165) is 18.1 Å². The normalized spacial score (nSPS) is 10.3. The Morgan fingerprint density at radius 2 is 2.33 bits per heavy atom. The van der Waals surface area contributed by atoms with Crippen molar-refractivity contribution in [3.05, 3.63) is 47.8 Å². The van der Waals surface area contributed by atoms with Crippen molar-refractivity contribution in [1.82, 2.24) is 5.32 Å². The maximum absolute atomic E-state index is 13.6. The Kier molecular flexibility index (Phi) is 6.46. The van der Waals surface area contributed by atoms with Gasteiger partial charge in [0.25, 0.3) is 0 Å². The number of hydrogen-bond donors (Lipinski definition) is 2. The van der Waals surface area contributed by atoms with Gasteiger partial charge < -0.3 is 11.1 Å². The molecule has 0 aromatic heterocycles. The number of nitrogens with one attached hydrogen (secondary N) is 1. The molecule has 0 spiro atoms. The fraction of sp³-hybridized carbons (Fsp3) is 0.308. The molecule has 0 saturated heterocycles. The molecule has 0 bridgehead atoms. The standard InChI is InChI=1S/C13H17FN2OS/c1-2-6-18-7-5-16-9-11-4-3-10(13(15)17)8-12(11)14/h2-4,8,16H,1,5-7,9H2,(H2,15,17). The smallest absolute Gasteiger partial charge is 0.248 e. The van der Waals surface area contributed by atoms with Gasteiger partial charge in [-0.3, -0.25) is 4.79 Å². The molecule has 5 heteroatoms. The Labute approximate surface area is 111 Å². The first-order valence-corrected chi connectivity index (χ1v) is 6.78. The molecule has 0 aliphatic heterocycles. The van der Waals surface area contributed by atoms with Crippen molar-refractivity contribution in [2.45, 2.75) is 6.54 Å². The van der Waals surface area contributed by atoms with Gasteiger partial charge in [0.1, 0.15) is 5.82 Å². The van der Waals surface area contributed by atoms with Crippen molar-refractivity contribution in [2.75, 3.05) is 18.1 Å². The van der Waals surface area contributed by atoms with E-state index >= 15 is 0 Å². The second-order valence-electron chi connectivity index (χ2n) is 3.71. The summed E-state index contributed by atoms with van der Waals surface area (Å²) in [5.41, 5.74) is 5.80. The second kappa shape index (κ2) is 7.89. The summed E-state index contributed by atoms with van der Waals surface area (Å²) < 4.78 is 13.6. The van der Waals surface area contributed by atoms with E-state index in [1.54, 1.807) is 17.8 Å². The van der Waals surface area contributed by atoms with Gasteiger partial charge in [-0.15, -0.1) is 6.58 Å². The molecule has 0 saturated carbocycles. The van der Waals surface area contributed by atoms with Crippen LogP contribution in [0.4, 0.5) is 4.39 Å². The van der Waals surface area contributed by atoms with Crippen LogP contribution in [0, 0.1) is 5.82 Å². The highest BCUT2D eigenvalue weighted by Gasteiger charge is 2.06. The summed E-state index contributed by atoms with van der Waals surface area (Å²) in [4.78, 5) is 10.9. The largest absolute Gasteiger partial charge is 0.366 e. The average Bonchev–Trinajstić information content (AvgIpc) is 2.35. The van der Waals surface area contributed by atoms with Crippen LogP contribution in [0.3, 0.4) is 0 Å². The SMILES string of the molecule is C=CCSCCNCc1ccc(C(N)=O)cc1F. The van der Waals surface area contributed by atoms with Crippen LogP contribution in [0.15, 0.2) is 30.9 Å². The highest BCUT2D eigenvalue weighted by atomic mass is 32.2. The van der Waals surface area contributed by atoms with E-state index in [9.17, 15) is 9.18 Å². The molecule has 0 radical (unpaired) electrons. The van der Waals surface area contributed by atoms with Crippen molar-refractivity contribution < 1.29 is 9.18 Å². The zero-order chi connectivity index (χ0) is 13.4. The van der Waals surface area contributed by atoms with Gasteiger partial charge in [-0.05, 0) is 12.1 Å². The van der Waals surface area contributed by atoms with E-state index in [-0.39, 0.29) is 5.56 Å². The number of hydrogen-bond acceptors (Lipinski definition) is 3. The van der Waals surface area contributed by atoms with Gasteiger partial charge in [-0.2, -0.15) is 11.8 Å². The van der Waals surface area contributed by atoms with E-state index in [1.165, 1.54) is 12.1 Å². The van der Waals surface area contributed by atoms with Crippen LogP contribution in [0.2, 0.25) is 0 Å². The van der Waals surface area contributed by atoms with Crippen LogP contribution in [-0.4, -0.2) is 24.0 Å². The number of thioether (sulfide) groups is 1. The number of nitrogens with two attached hydrogens (primary N) is 1. The molecule has 1 amide bonds. The zero-order valence-corrected chi connectivity index (χ0v) is 10.9. The average molecular weight is 268 g/mol. The molecule has 0 aliphatic carbocycles. The lowest BCUT2D eigenvalue weighted by Gasteiger charge is -2.06. The number of carbonyl (C=O) groups is 1. The first kappa shape index (κ1) is 14.7. The van der Waals surface area contributed by atoms with Crippen LogP contribution in [-0.2, 0) is 6.54 Å². The van der Waals surface area contributed by atoms with Crippen LogP contribution in [0.1, 0.15) is 15.9 Å². The van der Waals surface area contributed by atoms with Gasteiger partial charge in [0.2, 0.25) is 5.91 Å². The van der Waals surface area contributed by atoms with Gasteiger partial charge >= 0.3 is 0 Å². The maximum atomic E-state index is 13.6. The summed E-state index contributed by atoms with van der Waals surface area (Å²) in [6, 6.07) is 4.29. The van der Waals surface area contributed by atoms with Gasteiger partial charge in [-0.1, -0.05) is 12.1 Å². The number of rotatable bonds is 8. The molecule has 18 heavy (non-hydrogen) atoms. The highest BCUT2D eigenvalue weighted by molar-refractivity contribution is 7.99. The van der Waals surface area contributed by atoms with Gasteiger partial charge in [0.05, 0.1) is 0 Å². The minimum Gasteiger partial charge on any atom is -0.366 e. The van der Waals surface area contributed by atoms with E-state index in [0.29, 0.717) is 12.1 Å². The number of amides is 1. The van der Waals surface area contributed by atoms with Crippen LogP contribution in [0.25, 0.3) is 0 Å². The third kappa shape index (κ3) is 4.89. The highest BCUT2D eigenvalue weighted by Crippen LogP contribution is 2.10. The molecular weight excluding hydrogens is 251 g/mol. The summed E-state index contributed by atoms with van der Waals surface area (Å²) in [7, 11) is 0. The van der Waals surface area contributed by atoms with Crippen molar-refractivity contribution >= 4 is 17.7 Å². The maximum Gasteiger partial charge on any atom is 0.248 e. The topological polar surface area (TPSA) is 55.1 Å². The Hall–Kier alpha value is -1.33. The van der Waals surface area contributed by atoms with Gasteiger partial charge in [0, 0.05) is 35.7 Å². The number of halogens is 1. The second-order valence-corrected chi connectivity index (χ2v) is 4.86. The quantitative estimate of drug-likeness (QED) is 0.559. The predicted octanol–water partition coefficient (Wildman–Crippen LogP) is 1.93. The monoisotopic (exact) mass is 268 g/mol. The van der Waals surface area contributed by atoms with E-state index in [2.05, 4.69) is 11.9 Å². The van der Waals surface area contributed by atoms with Crippen LogP contribution in [0.5, 0.6) is 0 Å². The Morgan fingerprint density at radius 1 is 1.56 bits per heavy atom. The molecule has 0 aliphatic rings. The minimum absolute atomic E-state index is 0.192. The van der Waals surface area contributed by atoms with Crippen LogP contribution < -0.4 is 11.1 Å². The molecular formula is C13H17FN2OS. The van der Waals surface area contributed by atoms with Crippen molar-refractivity contribution in [2.24, 2.45) is 5.73 Å². The van der Waals surface area contributed by atoms with Crippen molar-refractivity contribution in [1.29, 1.82) is 0 Å². The Balaban J connectivity index is 2.38. The summed E-state index contributed by atoms with van der Waals surface area (Å²) in [6.07, 6.45) is 1.85. The lowest BCUT2D eigenvalue weighted by atomic mass is 10.1. The van der Waals surface area contributed by atoms with Gasteiger partial charge in [-0.25, -0.2) is 4.39 Å². The fourth-order valence-corrected chi connectivity index (χ4v) is 2.00. The van der Waals surface area contributed by atoms with Gasteiger partial charge in [0.15, 0.2) is 0 Å². The number of carbonyl (C=O) groups excluding carboxylic acids is 1. The van der Waals surface area contributed by atoms with Crippen LogP contribution >= 0.6 is 11.8 Å². The summed E-state index contributed by atoms with van der Waals surface area (Å²) in [5, 5.41) is 3.14. The molecule has 1 rings (SSSR count). The number of benzene rings is 1. The Morgan fingerprint density at radius 3 is 2.94 bits per heavy atom. The zero-order valence-electron chi connectivity index (χ0n) is 10.1. The third-order valence-electron chi connectivity index (χ3n) is 2.31. The third-order valence-corrected chi connectivity index (χ3v) is 3.28. The van der Waals surface area contributed by atoms with E-state index in [1.807, 2.05) is 6.08 Å². The Bertz CT molecular complexity index is 423. The van der Waals surface area contributed by atoms with Crippen molar-refractivity contribution in [3.8, 4) is 0 Å². The number of primary amides is 1. The molecule has 0 atom stereocenters. The molecule has 1 aromatic rings. The molecule has 0 fully saturated rings.